The molecule has 2 rings (SSSR count). The standard InChI is InChI=1S/C14H19F3N2.2ClH/c1-2-3-12(19-8-6-18-7-9-19)13-10(15)4-5-11(16)14(13)17;;/h4-5,12,18H,2-3,6-9H2,1H3;2*1H/t12-;;/m0../s1. The van der Waals surface area contributed by atoms with Crippen LogP contribution in [0.3, 0.4) is 0 Å². The minimum atomic E-state index is -1.04. The van der Waals surface area contributed by atoms with Crippen LogP contribution in [0.4, 0.5) is 13.2 Å². The Kier molecular flexibility index (Phi) is 9.29. The lowest BCUT2D eigenvalue weighted by atomic mass is 9.98. The van der Waals surface area contributed by atoms with Crippen LogP contribution in [0.1, 0.15) is 31.4 Å². The highest BCUT2D eigenvalue weighted by atomic mass is 35.5. The topological polar surface area (TPSA) is 15.3 Å². The molecule has 2 nitrogen and oxygen atoms in total. The van der Waals surface area contributed by atoms with E-state index in [1.165, 1.54) is 0 Å². The highest BCUT2D eigenvalue weighted by Crippen LogP contribution is 2.31. The Hall–Kier alpha value is -0.490. The molecule has 21 heavy (non-hydrogen) atoms. The van der Waals surface area contributed by atoms with Crippen molar-refractivity contribution in [2.24, 2.45) is 0 Å². The monoisotopic (exact) mass is 344 g/mol. The number of nitrogens with zero attached hydrogens (tertiary/aromatic N) is 1. The summed E-state index contributed by atoms with van der Waals surface area (Å²) in [6, 6.07) is 1.47. The largest absolute Gasteiger partial charge is 0.314 e. The van der Waals surface area contributed by atoms with E-state index in [0.29, 0.717) is 6.42 Å². The molecule has 1 atom stereocenters. The molecule has 1 aromatic rings. The van der Waals surface area contributed by atoms with E-state index in [2.05, 4.69) is 5.32 Å². The van der Waals surface area contributed by atoms with E-state index in [4.69, 9.17) is 0 Å². The molecule has 0 amide bonds. The third kappa shape index (κ3) is 4.74. The van der Waals surface area contributed by atoms with E-state index in [9.17, 15) is 13.2 Å². The quantitative estimate of drug-likeness (QED) is 0.838. The van der Waals surface area contributed by atoms with Gasteiger partial charge in [-0.05, 0) is 18.6 Å². The average molecular weight is 345 g/mol. The van der Waals surface area contributed by atoms with Gasteiger partial charge in [0.1, 0.15) is 5.82 Å². The minimum absolute atomic E-state index is 0. The summed E-state index contributed by atoms with van der Waals surface area (Å²) >= 11 is 0. The number of rotatable bonds is 4. The van der Waals surface area contributed by atoms with E-state index in [0.717, 1.165) is 44.7 Å². The van der Waals surface area contributed by atoms with Gasteiger partial charge in [0.25, 0.3) is 0 Å². The Morgan fingerprint density at radius 1 is 1.10 bits per heavy atom. The van der Waals surface area contributed by atoms with Crippen molar-refractivity contribution >= 4 is 24.8 Å². The van der Waals surface area contributed by atoms with Crippen molar-refractivity contribution in [3.8, 4) is 0 Å². The van der Waals surface area contributed by atoms with Crippen LogP contribution in [0.5, 0.6) is 0 Å². The summed E-state index contributed by atoms with van der Waals surface area (Å²) in [6.07, 6.45) is 1.42. The molecule has 1 aromatic carbocycles. The second-order valence-corrected chi connectivity index (χ2v) is 4.85. The molecule has 0 aromatic heterocycles. The van der Waals surface area contributed by atoms with Crippen LogP contribution in [0.15, 0.2) is 12.1 Å². The Labute approximate surface area is 135 Å². The Balaban J connectivity index is 0.00000200. The van der Waals surface area contributed by atoms with Crippen LogP contribution in [-0.4, -0.2) is 31.1 Å². The van der Waals surface area contributed by atoms with E-state index in [1.54, 1.807) is 0 Å². The first-order chi connectivity index (χ1) is 9.15. The third-order valence-corrected chi connectivity index (χ3v) is 3.57. The maximum atomic E-state index is 13.9. The molecule has 1 aliphatic heterocycles. The van der Waals surface area contributed by atoms with Gasteiger partial charge in [0.2, 0.25) is 0 Å². The molecule has 0 aliphatic carbocycles. The van der Waals surface area contributed by atoms with E-state index in [1.807, 2.05) is 11.8 Å². The predicted molar refractivity (Wildman–Crippen MR) is 82.9 cm³/mol. The van der Waals surface area contributed by atoms with Crippen molar-refractivity contribution in [1.82, 2.24) is 10.2 Å². The van der Waals surface area contributed by atoms with Gasteiger partial charge in [-0.15, -0.1) is 24.8 Å². The highest BCUT2D eigenvalue weighted by Gasteiger charge is 2.28. The first-order valence-corrected chi connectivity index (χ1v) is 6.73. The van der Waals surface area contributed by atoms with Crippen molar-refractivity contribution in [2.75, 3.05) is 26.2 Å². The maximum Gasteiger partial charge on any atom is 0.166 e. The summed E-state index contributed by atoms with van der Waals surface area (Å²) in [5.74, 6) is -2.68. The molecule has 1 N–H and O–H groups in total. The van der Waals surface area contributed by atoms with Gasteiger partial charge in [-0.1, -0.05) is 13.3 Å². The van der Waals surface area contributed by atoms with Crippen molar-refractivity contribution < 1.29 is 13.2 Å². The second-order valence-electron chi connectivity index (χ2n) is 4.85. The fraction of sp³-hybridized carbons (Fsp3) is 0.571. The van der Waals surface area contributed by atoms with Gasteiger partial charge < -0.3 is 5.32 Å². The molecule has 0 saturated carbocycles. The SMILES string of the molecule is CCC[C@@H](c1c(F)ccc(F)c1F)N1CCNCC1.Cl.Cl. The lowest BCUT2D eigenvalue weighted by Crippen LogP contribution is -2.45. The summed E-state index contributed by atoms with van der Waals surface area (Å²) in [6.45, 7) is 4.99. The van der Waals surface area contributed by atoms with E-state index >= 15 is 0 Å². The maximum absolute atomic E-state index is 13.9. The van der Waals surface area contributed by atoms with Crippen molar-refractivity contribution in [2.45, 2.75) is 25.8 Å². The van der Waals surface area contributed by atoms with Crippen LogP contribution in [0, 0.1) is 17.5 Å². The molecule has 122 valence electrons. The lowest BCUT2D eigenvalue weighted by molar-refractivity contribution is 0.157. The lowest BCUT2D eigenvalue weighted by Gasteiger charge is -2.35. The molecule has 1 heterocycles. The van der Waals surface area contributed by atoms with E-state index in [-0.39, 0.29) is 36.4 Å². The Morgan fingerprint density at radius 2 is 1.67 bits per heavy atom. The predicted octanol–water partition coefficient (Wildman–Crippen LogP) is 3.69. The number of piperazine rings is 1. The van der Waals surface area contributed by atoms with Gasteiger partial charge in [0.05, 0.1) is 0 Å². The second kappa shape index (κ2) is 9.51. The summed E-state index contributed by atoms with van der Waals surface area (Å²) < 4.78 is 41.2. The average Bonchev–Trinajstić information content (AvgIpc) is 2.43. The van der Waals surface area contributed by atoms with Gasteiger partial charge in [-0.2, -0.15) is 0 Å². The Bertz CT molecular complexity index is 440. The number of nitrogens with one attached hydrogen (secondary N) is 1. The van der Waals surface area contributed by atoms with Crippen molar-refractivity contribution in [3.63, 3.8) is 0 Å². The van der Waals surface area contributed by atoms with Crippen LogP contribution >= 0.6 is 24.8 Å². The first kappa shape index (κ1) is 20.5. The smallest absolute Gasteiger partial charge is 0.166 e. The molecule has 1 fully saturated rings. The van der Waals surface area contributed by atoms with Crippen LogP contribution in [0.2, 0.25) is 0 Å². The summed E-state index contributed by atoms with van der Waals surface area (Å²) in [7, 11) is 0. The van der Waals surface area contributed by atoms with Gasteiger partial charge in [-0.3, -0.25) is 4.90 Å². The fourth-order valence-corrected chi connectivity index (χ4v) is 2.62. The number of hydrogen-bond acceptors (Lipinski definition) is 2. The Morgan fingerprint density at radius 3 is 2.24 bits per heavy atom. The van der Waals surface area contributed by atoms with E-state index < -0.39 is 17.5 Å². The molecule has 0 spiro atoms. The molecule has 0 unspecified atom stereocenters. The van der Waals surface area contributed by atoms with Crippen LogP contribution in [0.25, 0.3) is 0 Å². The number of benzene rings is 1. The van der Waals surface area contributed by atoms with Gasteiger partial charge in [0.15, 0.2) is 11.6 Å². The molecular weight excluding hydrogens is 324 g/mol. The number of halogens is 5. The molecule has 0 bridgehead atoms. The van der Waals surface area contributed by atoms with Gasteiger partial charge in [0, 0.05) is 37.8 Å². The minimum Gasteiger partial charge on any atom is -0.314 e. The molecule has 7 heteroatoms. The molecular formula is C14H21Cl2F3N2. The van der Waals surface area contributed by atoms with Gasteiger partial charge in [-0.25, -0.2) is 13.2 Å². The summed E-state index contributed by atoms with van der Waals surface area (Å²) in [5.41, 5.74) is -0.122. The zero-order chi connectivity index (χ0) is 13.8. The van der Waals surface area contributed by atoms with Crippen LogP contribution < -0.4 is 5.32 Å². The first-order valence-electron chi connectivity index (χ1n) is 6.73. The third-order valence-electron chi connectivity index (χ3n) is 3.57. The summed E-state index contributed by atoms with van der Waals surface area (Å²) in [5, 5.41) is 3.20. The molecule has 1 saturated heterocycles. The fourth-order valence-electron chi connectivity index (χ4n) is 2.62. The summed E-state index contributed by atoms with van der Waals surface area (Å²) in [4.78, 5) is 2.03. The highest BCUT2D eigenvalue weighted by molar-refractivity contribution is 5.85. The molecule has 1 aliphatic rings. The van der Waals surface area contributed by atoms with Crippen molar-refractivity contribution in [3.05, 3.63) is 35.1 Å². The zero-order valence-corrected chi connectivity index (χ0v) is 13.5. The van der Waals surface area contributed by atoms with Crippen LogP contribution in [-0.2, 0) is 0 Å². The number of hydrogen-bond donors (Lipinski definition) is 1. The normalized spacial score (nSPS) is 16.8. The van der Waals surface area contributed by atoms with Gasteiger partial charge >= 0.3 is 0 Å². The van der Waals surface area contributed by atoms with Crippen molar-refractivity contribution in [1.29, 1.82) is 0 Å². The zero-order valence-electron chi connectivity index (χ0n) is 11.9. The molecule has 0 radical (unpaired) electrons.